The van der Waals surface area contributed by atoms with Crippen molar-refractivity contribution in [3.63, 3.8) is 0 Å². The zero-order valence-electron chi connectivity index (χ0n) is 9.23. The van der Waals surface area contributed by atoms with Crippen molar-refractivity contribution in [2.24, 2.45) is 0 Å². The van der Waals surface area contributed by atoms with Crippen LogP contribution in [0.2, 0.25) is 0 Å². The Morgan fingerprint density at radius 2 is 1.73 bits per heavy atom. The van der Waals surface area contributed by atoms with Gasteiger partial charge < -0.3 is 14.4 Å². The second kappa shape index (κ2) is 4.74. The maximum absolute atomic E-state index is 10.4. The Balaban J connectivity index is 0.000000336. The topological polar surface area (TPSA) is 89.5 Å². The molecule has 1 N–H and O–H groups in total. The third-order valence-electron chi connectivity index (χ3n) is 1.01. The first-order valence-corrected chi connectivity index (χ1v) is 4.22. The van der Waals surface area contributed by atoms with E-state index in [-0.39, 0.29) is 0 Å². The molecule has 0 unspecified atom stereocenters. The van der Waals surface area contributed by atoms with Gasteiger partial charge in [-0.2, -0.15) is 0 Å². The predicted molar refractivity (Wildman–Crippen MR) is 49.6 cm³/mol. The van der Waals surface area contributed by atoms with Crippen molar-refractivity contribution < 1.29 is 24.0 Å². The maximum atomic E-state index is 10.4. The third-order valence-corrected chi connectivity index (χ3v) is 1.01. The zero-order valence-corrected chi connectivity index (χ0v) is 9.23. The molecule has 1 aliphatic rings. The summed E-state index contributed by atoms with van der Waals surface area (Å²) in [7, 11) is 8.50. The molecule has 0 bridgehead atoms. The maximum Gasteiger partial charge on any atom is 0.330 e. The molecule has 7 nitrogen and oxygen atoms in total. The molecule has 7 heteroatoms. The first-order chi connectivity index (χ1) is 6.61. The van der Waals surface area contributed by atoms with Crippen LogP contribution in [0.3, 0.4) is 0 Å². The Kier molecular flexibility index (Phi) is 4.22. The van der Waals surface area contributed by atoms with E-state index in [2.05, 4.69) is 28.2 Å². The summed E-state index contributed by atoms with van der Waals surface area (Å²) in [6.45, 7) is -0.457. The number of carboxylic acid groups (broad SMARTS) is 1. The molecule has 86 valence electrons. The number of rotatable bonds is 0. The minimum atomic E-state index is -1.66. The van der Waals surface area contributed by atoms with Gasteiger partial charge in [0.25, 0.3) is 0 Å². The Hall–Kier alpha value is -1.63. The number of nitrogens with one attached hydrogen (secondary N) is 1. The number of hydrogen-bond acceptors (Lipinski definition) is 4. The minimum absolute atomic E-state index is 0.294. The van der Waals surface area contributed by atoms with E-state index >= 15 is 0 Å². The van der Waals surface area contributed by atoms with E-state index in [0.717, 1.165) is 4.48 Å². The van der Waals surface area contributed by atoms with Crippen LogP contribution in [0.1, 0.15) is 0 Å². The quantitative estimate of drug-likeness (QED) is 0.383. The largest absolute Gasteiger partial charge is 0.529 e. The second-order valence-corrected chi connectivity index (χ2v) is 4.39. The van der Waals surface area contributed by atoms with Crippen LogP contribution in [-0.2, 0) is 4.79 Å². The van der Waals surface area contributed by atoms with Gasteiger partial charge in [0.2, 0.25) is 5.91 Å². The van der Waals surface area contributed by atoms with Crippen molar-refractivity contribution in [3.8, 4) is 0 Å². The van der Waals surface area contributed by atoms with Gasteiger partial charge in [-0.25, -0.2) is 4.79 Å². The number of quaternary nitrogens is 1. The van der Waals surface area contributed by atoms with Gasteiger partial charge in [0, 0.05) is 0 Å². The summed E-state index contributed by atoms with van der Waals surface area (Å²) in [6, 6.07) is -0.940. The van der Waals surface area contributed by atoms with Gasteiger partial charge in [-0.3, -0.25) is 15.0 Å². The fourth-order valence-corrected chi connectivity index (χ4v) is 0.589. The molecule has 1 saturated heterocycles. The smallest absolute Gasteiger partial charge is 0.330 e. The number of carbonyl (C=O) groups is 3. The summed E-state index contributed by atoms with van der Waals surface area (Å²) in [5, 5.41) is 11.7. The molecule has 15 heavy (non-hydrogen) atoms. The van der Waals surface area contributed by atoms with E-state index in [0.29, 0.717) is 4.90 Å². The van der Waals surface area contributed by atoms with E-state index in [1.807, 2.05) is 0 Å². The molecule has 0 aromatic carbocycles. The van der Waals surface area contributed by atoms with Gasteiger partial charge in [0.1, 0.15) is 12.6 Å². The highest BCUT2D eigenvalue weighted by Gasteiger charge is 2.27. The van der Waals surface area contributed by atoms with Crippen LogP contribution in [0.4, 0.5) is 9.59 Å². The summed E-state index contributed by atoms with van der Waals surface area (Å²) < 4.78 is 1.00. The highest BCUT2D eigenvalue weighted by Crippen LogP contribution is 1.95. The monoisotopic (exact) mass is 217 g/mol. The minimum Gasteiger partial charge on any atom is -0.529 e. The van der Waals surface area contributed by atoms with E-state index in [9.17, 15) is 19.5 Å². The van der Waals surface area contributed by atoms with Crippen LogP contribution >= 0.6 is 0 Å². The highest BCUT2D eigenvalue weighted by atomic mass is 16.4. The van der Waals surface area contributed by atoms with E-state index < -0.39 is 24.6 Å². The summed E-state index contributed by atoms with van der Waals surface area (Å²) in [6.07, 6.45) is -1.66. The van der Waals surface area contributed by atoms with Crippen molar-refractivity contribution >= 4 is 18.0 Å². The van der Waals surface area contributed by atoms with Crippen molar-refractivity contribution in [1.29, 1.82) is 0 Å². The van der Waals surface area contributed by atoms with Crippen LogP contribution < -0.4 is 10.4 Å². The summed E-state index contributed by atoms with van der Waals surface area (Å²) in [5.74, 6) is -0.630. The lowest BCUT2D eigenvalue weighted by Gasteiger charge is -2.14. The van der Waals surface area contributed by atoms with Gasteiger partial charge in [-0.15, -0.1) is 0 Å². The molecule has 1 rings (SSSR count). The van der Waals surface area contributed by atoms with Gasteiger partial charge in [-0.1, -0.05) is 0 Å². The van der Waals surface area contributed by atoms with Gasteiger partial charge in [0.05, 0.1) is 28.2 Å². The van der Waals surface area contributed by atoms with Crippen molar-refractivity contribution in [2.75, 3.05) is 34.7 Å². The molecule has 1 fully saturated rings. The molecular formula is C8H15N3O4. The number of imide groups is 2. The molecule has 0 radical (unpaired) electrons. The molecule has 4 amide bonds. The third kappa shape index (κ3) is 6.44. The van der Waals surface area contributed by atoms with Crippen LogP contribution in [-0.4, -0.2) is 62.1 Å². The number of hydrogen-bond donors (Lipinski definition) is 1. The number of carbonyl (C=O) groups excluding carboxylic acids is 3. The second-order valence-electron chi connectivity index (χ2n) is 4.39. The normalized spacial score (nSPS) is 15.6. The lowest BCUT2D eigenvalue weighted by molar-refractivity contribution is -0.849. The molecule has 1 aliphatic heterocycles. The molecule has 0 spiro atoms. The first kappa shape index (κ1) is 13.4. The Morgan fingerprint density at radius 1 is 1.33 bits per heavy atom. The fraction of sp³-hybridized carbons (Fsp3) is 0.625. The van der Waals surface area contributed by atoms with Crippen molar-refractivity contribution in [3.05, 3.63) is 0 Å². The van der Waals surface area contributed by atoms with Gasteiger partial charge in [0.15, 0.2) is 0 Å². The lowest BCUT2D eigenvalue weighted by atomic mass is 10.6. The van der Waals surface area contributed by atoms with E-state index in [4.69, 9.17) is 0 Å². The van der Waals surface area contributed by atoms with E-state index in [1.165, 1.54) is 0 Å². The van der Waals surface area contributed by atoms with Gasteiger partial charge >= 0.3 is 6.03 Å². The molecule has 0 saturated carbocycles. The number of urea groups is 1. The Morgan fingerprint density at radius 3 is 1.87 bits per heavy atom. The Labute approximate surface area is 87.9 Å². The van der Waals surface area contributed by atoms with Crippen molar-refractivity contribution in [2.45, 2.75) is 0 Å². The average molecular weight is 217 g/mol. The molecule has 0 atom stereocenters. The summed E-state index contributed by atoms with van der Waals surface area (Å²) in [5.41, 5.74) is 0. The average Bonchev–Trinajstić information content (AvgIpc) is 2.25. The SMILES string of the molecule is C[N+](C)(C)C.O=C1CN(C(=O)[O-])C(=O)N1. The van der Waals surface area contributed by atoms with Crippen LogP contribution in [0.25, 0.3) is 0 Å². The molecule has 0 aromatic heterocycles. The predicted octanol–water partition coefficient (Wildman–Crippen LogP) is -1.80. The van der Waals surface area contributed by atoms with Crippen LogP contribution in [0, 0.1) is 0 Å². The molecule has 0 aromatic rings. The summed E-state index contributed by atoms with van der Waals surface area (Å²) in [4.78, 5) is 31.0. The number of amides is 4. The van der Waals surface area contributed by atoms with Crippen molar-refractivity contribution in [1.82, 2.24) is 10.2 Å². The van der Waals surface area contributed by atoms with Gasteiger partial charge in [-0.05, 0) is 0 Å². The number of nitrogens with zero attached hydrogens (tertiary/aromatic N) is 2. The van der Waals surface area contributed by atoms with Crippen LogP contribution in [0.5, 0.6) is 0 Å². The fourth-order valence-electron chi connectivity index (χ4n) is 0.589. The molecule has 1 heterocycles. The zero-order chi connectivity index (χ0) is 12.2. The summed E-state index contributed by atoms with van der Waals surface area (Å²) >= 11 is 0. The van der Waals surface area contributed by atoms with E-state index in [1.54, 1.807) is 5.32 Å². The highest BCUT2D eigenvalue weighted by molar-refractivity contribution is 6.07. The standard InChI is InChI=1S/C4H4N2O4.C4H12N/c7-2-1-6(4(9)10)3(8)5-2;1-5(2,3)4/h1H2,(H,9,10)(H,5,7,8);1-4H3/q;+1/p-1. The molecule has 0 aliphatic carbocycles. The molecular weight excluding hydrogens is 202 g/mol. The Bertz CT molecular complexity index is 276. The van der Waals surface area contributed by atoms with Crippen LogP contribution in [0.15, 0.2) is 0 Å². The first-order valence-electron chi connectivity index (χ1n) is 4.22. The lowest BCUT2D eigenvalue weighted by Crippen LogP contribution is -2.42.